The molecule has 41 heavy (non-hydrogen) atoms. The fourth-order valence-electron chi connectivity index (χ4n) is 4.59. The normalized spacial score (nSPS) is 12.5. The average molecular weight is 598 g/mol. The van der Waals surface area contributed by atoms with Crippen molar-refractivity contribution in [2.24, 2.45) is 0 Å². The second-order valence-electron chi connectivity index (χ2n) is 11.4. The molecule has 3 aromatic rings. The molecule has 0 aromatic heterocycles. The van der Waals surface area contributed by atoms with Crippen LogP contribution in [0.3, 0.4) is 0 Å². The molecular formula is C32H40ClN3O4S. The van der Waals surface area contributed by atoms with E-state index in [1.165, 1.54) is 17.0 Å². The fraction of sp³-hybridized carbons (Fsp3) is 0.375. The molecule has 2 amide bonds. The molecular weight excluding hydrogens is 558 g/mol. The number of sulfonamides is 1. The molecule has 3 rings (SSSR count). The minimum absolute atomic E-state index is 0.0632. The van der Waals surface area contributed by atoms with Gasteiger partial charge >= 0.3 is 0 Å². The minimum atomic E-state index is -4.16. The summed E-state index contributed by atoms with van der Waals surface area (Å²) in [6, 6.07) is 18.2. The SMILES string of the molecule is CC[C@@H](C(=O)NC(C)(C)C)N(Cc1ccccc1C)C(=O)CN(c1ccc(Cl)cc1C)S(=O)(=O)c1ccc(C)cc1. The summed E-state index contributed by atoms with van der Waals surface area (Å²) in [5, 5.41) is 3.44. The first-order valence-electron chi connectivity index (χ1n) is 13.7. The number of hydrogen-bond acceptors (Lipinski definition) is 4. The van der Waals surface area contributed by atoms with Gasteiger partial charge in [0, 0.05) is 17.1 Å². The van der Waals surface area contributed by atoms with E-state index in [0.29, 0.717) is 22.7 Å². The van der Waals surface area contributed by atoms with Crippen LogP contribution in [0.15, 0.2) is 71.6 Å². The van der Waals surface area contributed by atoms with Crippen molar-refractivity contribution in [2.45, 2.75) is 77.9 Å². The highest BCUT2D eigenvalue weighted by Gasteiger charge is 2.35. The number of hydrogen-bond donors (Lipinski definition) is 1. The highest BCUT2D eigenvalue weighted by Crippen LogP contribution is 2.30. The van der Waals surface area contributed by atoms with E-state index in [1.807, 2.05) is 65.8 Å². The minimum Gasteiger partial charge on any atom is -0.350 e. The van der Waals surface area contributed by atoms with Crippen molar-refractivity contribution >= 4 is 39.1 Å². The van der Waals surface area contributed by atoms with Gasteiger partial charge in [-0.25, -0.2) is 8.42 Å². The summed E-state index contributed by atoms with van der Waals surface area (Å²) in [5.74, 6) is -0.785. The molecule has 0 radical (unpaired) electrons. The number of carbonyl (C=O) groups excluding carboxylic acids is 2. The molecule has 0 saturated heterocycles. The van der Waals surface area contributed by atoms with Gasteiger partial charge in [0.15, 0.2) is 0 Å². The van der Waals surface area contributed by atoms with Crippen molar-refractivity contribution in [3.8, 4) is 0 Å². The molecule has 1 atom stereocenters. The summed E-state index contributed by atoms with van der Waals surface area (Å²) < 4.78 is 29.2. The Balaban J connectivity index is 2.12. The summed E-state index contributed by atoms with van der Waals surface area (Å²) in [6.07, 6.45) is 0.351. The molecule has 7 nitrogen and oxygen atoms in total. The highest BCUT2D eigenvalue weighted by atomic mass is 35.5. The van der Waals surface area contributed by atoms with Crippen LogP contribution in [0, 0.1) is 20.8 Å². The quantitative estimate of drug-likeness (QED) is 0.302. The van der Waals surface area contributed by atoms with E-state index < -0.39 is 34.1 Å². The van der Waals surface area contributed by atoms with E-state index in [1.54, 1.807) is 37.3 Å². The largest absolute Gasteiger partial charge is 0.350 e. The molecule has 0 fully saturated rings. The number of nitrogens with one attached hydrogen (secondary N) is 1. The predicted octanol–water partition coefficient (Wildman–Crippen LogP) is 6.18. The van der Waals surface area contributed by atoms with Crippen molar-refractivity contribution in [1.82, 2.24) is 10.2 Å². The molecule has 0 aliphatic heterocycles. The molecule has 0 saturated carbocycles. The van der Waals surface area contributed by atoms with E-state index in [2.05, 4.69) is 5.32 Å². The topological polar surface area (TPSA) is 86.8 Å². The van der Waals surface area contributed by atoms with Crippen LogP contribution in [-0.4, -0.2) is 43.3 Å². The second-order valence-corrected chi connectivity index (χ2v) is 13.7. The van der Waals surface area contributed by atoms with Crippen molar-refractivity contribution in [1.29, 1.82) is 0 Å². The van der Waals surface area contributed by atoms with E-state index >= 15 is 0 Å². The van der Waals surface area contributed by atoms with Gasteiger partial charge in [-0.2, -0.15) is 0 Å². The van der Waals surface area contributed by atoms with Crippen LogP contribution in [0.4, 0.5) is 5.69 Å². The lowest BCUT2D eigenvalue weighted by atomic mass is 10.0. The third-order valence-corrected chi connectivity index (χ3v) is 8.81. The number of aryl methyl sites for hydroxylation is 3. The Morgan fingerprint density at radius 3 is 2.12 bits per heavy atom. The van der Waals surface area contributed by atoms with Gasteiger partial charge in [-0.15, -0.1) is 0 Å². The standard InChI is InChI=1S/C32H40ClN3O4S/c1-8-28(31(38)34-32(5,6)7)35(20-25-12-10-9-11-23(25)3)30(37)21-36(29-18-15-26(33)19-24(29)4)41(39,40)27-16-13-22(2)14-17-27/h9-19,28H,8,20-21H2,1-7H3,(H,34,38)/t28-/m0/s1. The predicted molar refractivity (Wildman–Crippen MR) is 166 cm³/mol. The summed E-state index contributed by atoms with van der Waals surface area (Å²) >= 11 is 6.19. The Bertz CT molecular complexity index is 1500. The fourth-order valence-corrected chi connectivity index (χ4v) is 6.30. The molecule has 0 unspecified atom stereocenters. The third kappa shape index (κ3) is 8.11. The maximum atomic E-state index is 14.2. The van der Waals surface area contributed by atoms with Crippen LogP contribution in [0.1, 0.15) is 56.4 Å². The maximum Gasteiger partial charge on any atom is 0.264 e. The van der Waals surface area contributed by atoms with Gasteiger partial charge in [0.2, 0.25) is 11.8 Å². The van der Waals surface area contributed by atoms with Crippen molar-refractivity contribution in [3.63, 3.8) is 0 Å². The zero-order valence-electron chi connectivity index (χ0n) is 24.9. The van der Waals surface area contributed by atoms with Gasteiger partial charge in [-0.3, -0.25) is 13.9 Å². The first-order valence-corrected chi connectivity index (χ1v) is 15.5. The van der Waals surface area contributed by atoms with E-state index in [9.17, 15) is 18.0 Å². The summed E-state index contributed by atoms with van der Waals surface area (Å²) in [7, 11) is -4.16. The number of carbonyl (C=O) groups is 2. The Hall–Kier alpha value is -3.36. The van der Waals surface area contributed by atoms with Crippen LogP contribution in [0.5, 0.6) is 0 Å². The molecule has 0 heterocycles. The highest BCUT2D eigenvalue weighted by molar-refractivity contribution is 7.92. The molecule has 0 aliphatic rings. The summed E-state index contributed by atoms with van der Waals surface area (Å²) in [5.41, 5.74) is 3.18. The van der Waals surface area contributed by atoms with Crippen LogP contribution < -0.4 is 9.62 Å². The Kier molecular flexibility index (Phi) is 10.3. The first-order chi connectivity index (χ1) is 19.1. The molecule has 3 aromatic carbocycles. The van der Waals surface area contributed by atoms with Crippen LogP contribution >= 0.6 is 11.6 Å². The number of amides is 2. The number of halogens is 1. The molecule has 9 heteroatoms. The summed E-state index contributed by atoms with van der Waals surface area (Å²) in [6.45, 7) is 12.7. The zero-order chi connectivity index (χ0) is 30.5. The van der Waals surface area contributed by atoms with Gasteiger partial charge in [-0.05, 0) is 95.0 Å². The van der Waals surface area contributed by atoms with E-state index in [4.69, 9.17) is 11.6 Å². The van der Waals surface area contributed by atoms with E-state index in [0.717, 1.165) is 21.0 Å². The first kappa shape index (κ1) is 32.2. The molecule has 0 aliphatic carbocycles. The van der Waals surface area contributed by atoms with Crippen molar-refractivity contribution < 1.29 is 18.0 Å². The van der Waals surface area contributed by atoms with Gasteiger partial charge < -0.3 is 10.2 Å². The molecule has 1 N–H and O–H groups in total. The molecule has 0 spiro atoms. The smallest absolute Gasteiger partial charge is 0.264 e. The van der Waals surface area contributed by atoms with Gasteiger partial charge in [0.05, 0.1) is 10.6 Å². The lowest BCUT2D eigenvalue weighted by Crippen LogP contribution is -2.55. The molecule has 0 bridgehead atoms. The van der Waals surface area contributed by atoms with Gasteiger partial charge in [0.25, 0.3) is 10.0 Å². The maximum absolute atomic E-state index is 14.2. The van der Waals surface area contributed by atoms with Gasteiger partial charge in [0.1, 0.15) is 12.6 Å². The zero-order valence-corrected chi connectivity index (χ0v) is 26.4. The summed E-state index contributed by atoms with van der Waals surface area (Å²) in [4.78, 5) is 29.2. The average Bonchev–Trinajstić information content (AvgIpc) is 2.87. The Morgan fingerprint density at radius 1 is 0.927 bits per heavy atom. The number of rotatable bonds is 10. The molecule has 220 valence electrons. The van der Waals surface area contributed by atoms with Crippen LogP contribution in [0.25, 0.3) is 0 Å². The number of anilines is 1. The third-order valence-electron chi connectivity index (χ3n) is 6.80. The van der Waals surface area contributed by atoms with Crippen molar-refractivity contribution in [3.05, 3.63) is 94.0 Å². The Morgan fingerprint density at radius 2 is 1.56 bits per heavy atom. The van der Waals surface area contributed by atoms with Gasteiger partial charge in [-0.1, -0.05) is 60.5 Å². The Labute approximate surface area is 249 Å². The lowest BCUT2D eigenvalue weighted by Gasteiger charge is -2.35. The second kappa shape index (κ2) is 13.1. The van der Waals surface area contributed by atoms with Crippen LogP contribution in [-0.2, 0) is 26.2 Å². The monoisotopic (exact) mass is 597 g/mol. The lowest BCUT2D eigenvalue weighted by molar-refractivity contribution is -0.141. The van der Waals surface area contributed by atoms with Crippen LogP contribution in [0.2, 0.25) is 5.02 Å². The number of nitrogens with zero attached hydrogens (tertiary/aromatic N) is 2. The van der Waals surface area contributed by atoms with E-state index in [-0.39, 0.29) is 17.3 Å². The van der Waals surface area contributed by atoms with Crippen molar-refractivity contribution in [2.75, 3.05) is 10.8 Å². The number of benzene rings is 3.